The van der Waals surface area contributed by atoms with Gasteiger partial charge in [0.25, 0.3) is 5.91 Å². The number of hydrogen-bond acceptors (Lipinski definition) is 6. The van der Waals surface area contributed by atoms with Gasteiger partial charge in [-0.15, -0.1) is 24.0 Å². The fourth-order valence-electron chi connectivity index (χ4n) is 3.36. The van der Waals surface area contributed by atoms with Crippen LogP contribution < -0.4 is 10.6 Å². The second kappa shape index (κ2) is 11.3. The molecule has 0 aromatic carbocycles. The Labute approximate surface area is 177 Å². The van der Waals surface area contributed by atoms with Crippen LogP contribution in [0.15, 0.2) is 23.6 Å². The summed E-state index contributed by atoms with van der Waals surface area (Å²) in [4.78, 5) is 29.0. The van der Waals surface area contributed by atoms with Crippen molar-refractivity contribution >= 4 is 35.8 Å². The van der Waals surface area contributed by atoms with Crippen LogP contribution in [-0.4, -0.2) is 97.2 Å². The van der Waals surface area contributed by atoms with Crippen LogP contribution >= 0.6 is 24.0 Å². The second-order valence-corrected chi connectivity index (χ2v) is 6.36. The van der Waals surface area contributed by atoms with E-state index >= 15 is 0 Å². The Morgan fingerprint density at radius 3 is 2.74 bits per heavy atom. The number of rotatable bonds is 5. The SMILES string of the molecule is CN=C(NCCNC(=O)c1cnccn1)N1CCC(N2CCOCC2)C1.I. The molecule has 150 valence electrons. The van der Waals surface area contributed by atoms with E-state index < -0.39 is 0 Å². The molecule has 2 aliphatic heterocycles. The summed E-state index contributed by atoms with van der Waals surface area (Å²) in [6.07, 6.45) is 5.65. The van der Waals surface area contributed by atoms with E-state index in [0.29, 0.717) is 24.8 Å². The van der Waals surface area contributed by atoms with Gasteiger partial charge in [-0.2, -0.15) is 0 Å². The van der Waals surface area contributed by atoms with Crippen LogP contribution in [0, 0.1) is 0 Å². The minimum absolute atomic E-state index is 0. The van der Waals surface area contributed by atoms with Gasteiger partial charge in [0.15, 0.2) is 5.96 Å². The number of hydrogen-bond donors (Lipinski definition) is 2. The normalized spacial score (nSPS) is 20.9. The summed E-state index contributed by atoms with van der Waals surface area (Å²) in [6, 6.07) is 0.564. The Kier molecular flexibility index (Phi) is 9.15. The predicted molar refractivity (Wildman–Crippen MR) is 114 cm³/mol. The van der Waals surface area contributed by atoms with E-state index in [1.54, 1.807) is 13.2 Å². The average molecular weight is 489 g/mol. The zero-order valence-corrected chi connectivity index (χ0v) is 18.0. The molecule has 10 heteroatoms. The van der Waals surface area contributed by atoms with E-state index in [-0.39, 0.29) is 29.9 Å². The summed E-state index contributed by atoms with van der Waals surface area (Å²) < 4.78 is 5.44. The Balaban J connectivity index is 0.00000261. The molecule has 2 saturated heterocycles. The number of nitrogens with zero attached hydrogens (tertiary/aromatic N) is 5. The molecule has 0 radical (unpaired) electrons. The first-order chi connectivity index (χ1) is 12.8. The van der Waals surface area contributed by atoms with Crippen LogP contribution in [-0.2, 0) is 4.74 Å². The first-order valence-corrected chi connectivity index (χ1v) is 9.09. The summed E-state index contributed by atoms with van der Waals surface area (Å²) in [5.74, 6) is 0.665. The first-order valence-electron chi connectivity index (χ1n) is 9.09. The number of nitrogens with one attached hydrogen (secondary N) is 2. The van der Waals surface area contributed by atoms with E-state index in [4.69, 9.17) is 4.74 Å². The van der Waals surface area contributed by atoms with Crippen LogP contribution in [0.3, 0.4) is 0 Å². The average Bonchev–Trinajstić information content (AvgIpc) is 3.19. The molecule has 27 heavy (non-hydrogen) atoms. The molecular formula is C17H28IN7O2. The van der Waals surface area contributed by atoms with Crippen molar-refractivity contribution in [3.63, 3.8) is 0 Å². The molecule has 0 bridgehead atoms. The minimum Gasteiger partial charge on any atom is -0.379 e. The van der Waals surface area contributed by atoms with Crippen LogP contribution in [0.4, 0.5) is 0 Å². The molecule has 1 aromatic heterocycles. The maximum atomic E-state index is 11.9. The van der Waals surface area contributed by atoms with Gasteiger partial charge < -0.3 is 20.3 Å². The number of aliphatic imine (C=N–C) groups is 1. The maximum absolute atomic E-state index is 11.9. The lowest BCUT2D eigenvalue weighted by Crippen LogP contribution is -2.47. The van der Waals surface area contributed by atoms with E-state index in [1.807, 2.05) is 0 Å². The van der Waals surface area contributed by atoms with Gasteiger partial charge in [-0.1, -0.05) is 0 Å². The Morgan fingerprint density at radius 1 is 1.26 bits per heavy atom. The van der Waals surface area contributed by atoms with Crippen LogP contribution in [0.5, 0.6) is 0 Å². The Hall–Kier alpha value is -1.53. The van der Waals surface area contributed by atoms with Crippen molar-refractivity contribution in [1.82, 2.24) is 30.4 Å². The molecule has 3 heterocycles. The third-order valence-corrected chi connectivity index (χ3v) is 4.73. The topological polar surface area (TPSA) is 95.0 Å². The number of aromatic nitrogens is 2. The summed E-state index contributed by atoms with van der Waals surface area (Å²) in [6.45, 7) is 6.76. The van der Waals surface area contributed by atoms with Crippen molar-refractivity contribution < 1.29 is 9.53 Å². The van der Waals surface area contributed by atoms with Gasteiger partial charge >= 0.3 is 0 Å². The van der Waals surface area contributed by atoms with E-state index in [0.717, 1.165) is 51.8 Å². The minimum atomic E-state index is -0.219. The number of halogens is 1. The Morgan fingerprint density at radius 2 is 2.04 bits per heavy atom. The second-order valence-electron chi connectivity index (χ2n) is 6.36. The number of carbonyl (C=O) groups is 1. The van der Waals surface area contributed by atoms with Gasteiger partial charge in [-0.25, -0.2) is 4.98 Å². The summed E-state index contributed by atoms with van der Waals surface area (Å²) in [5.41, 5.74) is 0.324. The van der Waals surface area contributed by atoms with E-state index in [1.165, 1.54) is 12.4 Å². The van der Waals surface area contributed by atoms with Crippen molar-refractivity contribution in [1.29, 1.82) is 0 Å². The monoisotopic (exact) mass is 489 g/mol. The molecule has 0 spiro atoms. The zero-order chi connectivity index (χ0) is 18.2. The summed E-state index contributed by atoms with van der Waals surface area (Å²) in [7, 11) is 1.79. The molecule has 2 N–H and O–H groups in total. The van der Waals surface area contributed by atoms with Crippen LogP contribution in [0.2, 0.25) is 0 Å². The number of guanidine groups is 1. The molecule has 0 saturated carbocycles. The number of carbonyl (C=O) groups excluding carboxylic acids is 1. The van der Waals surface area contributed by atoms with Gasteiger partial charge in [0.05, 0.1) is 19.4 Å². The highest BCUT2D eigenvalue weighted by Gasteiger charge is 2.30. The predicted octanol–water partition coefficient (Wildman–Crippen LogP) is -0.194. The van der Waals surface area contributed by atoms with Gasteiger partial charge in [-0.3, -0.25) is 19.7 Å². The lowest BCUT2D eigenvalue weighted by molar-refractivity contribution is 0.0195. The van der Waals surface area contributed by atoms with Gasteiger partial charge in [-0.05, 0) is 6.42 Å². The molecule has 1 atom stereocenters. The quantitative estimate of drug-likeness (QED) is 0.256. The molecule has 2 fully saturated rings. The number of likely N-dealkylation sites (tertiary alicyclic amines) is 1. The van der Waals surface area contributed by atoms with Gasteiger partial charge in [0.2, 0.25) is 0 Å². The molecule has 3 rings (SSSR count). The Bertz CT molecular complexity index is 611. The smallest absolute Gasteiger partial charge is 0.271 e. The molecule has 0 aliphatic carbocycles. The van der Waals surface area contributed by atoms with Crippen molar-refractivity contribution in [2.45, 2.75) is 12.5 Å². The highest BCUT2D eigenvalue weighted by molar-refractivity contribution is 14.0. The number of morpholine rings is 1. The van der Waals surface area contributed by atoms with Crippen molar-refractivity contribution in [3.8, 4) is 0 Å². The number of ether oxygens (including phenoxy) is 1. The third kappa shape index (κ3) is 6.25. The molecule has 2 aliphatic rings. The first kappa shape index (κ1) is 21.8. The van der Waals surface area contributed by atoms with Crippen molar-refractivity contribution in [3.05, 3.63) is 24.3 Å². The fraction of sp³-hybridized carbons (Fsp3) is 0.647. The highest BCUT2D eigenvalue weighted by atomic mass is 127. The third-order valence-electron chi connectivity index (χ3n) is 4.73. The van der Waals surface area contributed by atoms with E-state index in [2.05, 4.69) is 35.4 Å². The lowest BCUT2D eigenvalue weighted by atomic mass is 10.2. The number of amides is 1. The summed E-state index contributed by atoms with van der Waals surface area (Å²) >= 11 is 0. The zero-order valence-electron chi connectivity index (χ0n) is 15.6. The lowest BCUT2D eigenvalue weighted by Gasteiger charge is -2.32. The van der Waals surface area contributed by atoms with Crippen molar-refractivity contribution in [2.24, 2.45) is 4.99 Å². The largest absolute Gasteiger partial charge is 0.379 e. The van der Waals surface area contributed by atoms with E-state index in [9.17, 15) is 4.79 Å². The molecule has 1 aromatic rings. The van der Waals surface area contributed by atoms with Crippen LogP contribution in [0.1, 0.15) is 16.9 Å². The fourth-order valence-corrected chi connectivity index (χ4v) is 3.36. The highest BCUT2D eigenvalue weighted by Crippen LogP contribution is 2.16. The standard InChI is InChI=1S/C17H27N7O2.HI/c1-18-17(22-6-5-21-16(25)15-12-19-3-4-20-15)24-7-2-14(13-24)23-8-10-26-11-9-23;/h3-4,12,14H,2,5-11,13H2,1H3,(H,18,22)(H,21,25);1H. The molecule has 9 nitrogen and oxygen atoms in total. The maximum Gasteiger partial charge on any atom is 0.271 e. The molecule has 1 amide bonds. The van der Waals surface area contributed by atoms with Crippen molar-refractivity contribution in [2.75, 3.05) is 59.5 Å². The van der Waals surface area contributed by atoms with Gasteiger partial charge in [0, 0.05) is 64.8 Å². The van der Waals surface area contributed by atoms with Crippen LogP contribution in [0.25, 0.3) is 0 Å². The van der Waals surface area contributed by atoms with Gasteiger partial charge in [0.1, 0.15) is 5.69 Å². The molecule has 1 unspecified atom stereocenters. The molecular weight excluding hydrogens is 461 g/mol. The summed E-state index contributed by atoms with van der Waals surface area (Å²) in [5, 5.41) is 6.15.